The van der Waals surface area contributed by atoms with E-state index >= 15 is 0 Å². The lowest BCUT2D eigenvalue weighted by atomic mass is 9.88. The van der Waals surface area contributed by atoms with Crippen LogP contribution >= 0.6 is 0 Å². The van der Waals surface area contributed by atoms with Gasteiger partial charge >= 0.3 is 5.97 Å². The second-order valence-electron chi connectivity index (χ2n) is 4.88. The van der Waals surface area contributed by atoms with Gasteiger partial charge in [-0.25, -0.2) is 4.39 Å². The first-order valence-corrected chi connectivity index (χ1v) is 5.47. The maximum absolute atomic E-state index is 12.7. The maximum Gasteiger partial charge on any atom is 0.306 e. The highest BCUT2D eigenvalue weighted by molar-refractivity contribution is 5.70. The van der Waals surface area contributed by atoms with Crippen LogP contribution in [0.15, 0.2) is 24.3 Å². The highest BCUT2D eigenvalue weighted by Crippen LogP contribution is 2.20. The molecule has 0 aliphatic rings. The third-order valence-electron chi connectivity index (χ3n) is 2.49. The normalized spacial score (nSPS) is 13.4. The molecule has 4 heteroatoms. The number of aliphatic carboxylic acids is 1. The summed E-state index contributed by atoms with van der Waals surface area (Å²) in [5.74, 6) is -1.96. The summed E-state index contributed by atoms with van der Waals surface area (Å²) in [6, 6.07) is 5.74. The first-order valence-electron chi connectivity index (χ1n) is 5.47. The summed E-state index contributed by atoms with van der Waals surface area (Å²) in [4.78, 5) is 11.1. The molecule has 0 saturated heterocycles. The summed E-state index contributed by atoms with van der Waals surface area (Å²) >= 11 is 0. The topological polar surface area (TPSA) is 57.5 Å². The smallest absolute Gasteiger partial charge is 0.306 e. The van der Waals surface area contributed by atoms with Crippen LogP contribution in [-0.2, 0) is 11.2 Å². The van der Waals surface area contributed by atoms with E-state index in [2.05, 4.69) is 0 Å². The van der Waals surface area contributed by atoms with Gasteiger partial charge < -0.3 is 10.2 Å². The van der Waals surface area contributed by atoms with Crippen molar-refractivity contribution in [3.8, 4) is 0 Å². The Balaban J connectivity index is 2.73. The summed E-state index contributed by atoms with van der Waals surface area (Å²) < 4.78 is 12.7. The van der Waals surface area contributed by atoms with E-state index in [1.54, 1.807) is 26.0 Å². The van der Waals surface area contributed by atoms with E-state index in [9.17, 15) is 14.3 Å². The Morgan fingerprint density at radius 1 is 1.35 bits per heavy atom. The minimum Gasteiger partial charge on any atom is -0.481 e. The van der Waals surface area contributed by atoms with Crippen LogP contribution in [0.2, 0.25) is 0 Å². The van der Waals surface area contributed by atoms with Gasteiger partial charge in [0, 0.05) is 0 Å². The Morgan fingerprint density at radius 2 is 1.88 bits per heavy atom. The first kappa shape index (κ1) is 13.6. The van der Waals surface area contributed by atoms with Crippen molar-refractivity contribution in [1.29, 1.82) is 0 Å². The highest BCUT2D eigenvalue weighted by Gasteiger charge is 2.26. The van der Waals surface area contributed by atoms with E-state index in [-0.39, 0.29) is 12.2 Å². The molecule has 0 spiro atoms. The van der Waals surface area contributed by atoms with Crippen molar-refractivity contribution in [2.45, 2.75) is 32.3 Å². The van der Waals surface area contributed by atoms with Crippen molar-refractivity contribution >= 4 is 5.97 Å². The molecule has 3 nitrogen and oxygen atoms in total. The average Bonchev–Trinajstić information content (AvgIpc) is 2.18. The standard InChI is InChI=1S/C13H17FO3/c1-13(2,17)8-10(12(15)16)7-9-3-5-11(14)6-4-9/h3-6,10,17H,7-8H2,1-2H3,(H,15,16). The minimum atomic E-state index is -1.02. The summed E-state index contributed by atoms with van der Waals surface area (Å²) in [5, 5.41) is 18.7. The van der Waals surface area contributed by atoms with Gasteiger partial charge in [0.1, 0.15) is 5.82 Å². The van der Waals surface area contributed by atoms with Crippen LogP contribution < -0.4 is 0 Å². The maximum atomic E-state index is 12.7. The summed E-state index contributed by atoms with van der Waals surface area (Å²) in [5.41, 5.74) is -0.272. The predicted molar refractivity (Wildman–Crippen MR) is 62.1 cm³/mol. The van der Waals surface area contributed by atoms with E-state index in [1.165, 1.54) is 12.1 Å². The van der Waals surface area contributed by atoms with Crippen molar-refractivity contribution in [2.75, 3.05) is 0 Å². The van der Waals surface area contributed by atoms with E-state index in [1.807, 2.05) is 0 Å². The fraction of sp³-hybridized carbons (Fsp3) is 0.462. The monoisotopic (exact) mass is 240 g/mol. The third kappa shape index (κ3) is 4.95. The Labute approximate surface area is 99.9 Å². The van der Waals surface area contributed by atoms with Gasteiger partial charge in [-0.2, -0.15) is 0 Å². The number of halogens is 1. The number of carbonyl (C=O) groups is 1. The molecule has 0 radical (unpaired) electrons. The summed E-state index contributed by atoms with van der Waals surface area (Å²) in [7, 11) is 0. The van der Waals surface area contributed by atoms with Gasteiger partial charge in [-0.05, 0) is 44.4 Å². The number of hydrogen-bond acceptors (Lipinski definition) is 2. The molecule has 1 aromatic rings. The molecular weight excluding hydrogens is 223 g/mol. The van der Waals surface area contributed by atoms with Gasteiger partial charge in [-0.3, -0.25) is 4.79 Å². The van der Waals surface area contributed by atoms with Crippen LogP contribution in [-0.4, -0.2) is 21.8 Å². The lowest BCUT2D eigenvalue weighted by Gasteiger charge is -2.22. The van der Waals surface area contributed by atoms with Gasteiger partial charge in [0.05, 0.1) is 11.5 Å². The zero-order valence-electron chi connectivity index (χ0n) is 9.98. The molecule has 2 N–H and O–H groups in total. The van der Waals surface area contributed by atoms with Crippen LogP contribution in [0.25, 0.3) is 0 Å². The van der Waals surface area contributed by atoms with Crippen LogP contribution in [0.4, 0.5) is 4.39 Å². The molecule has 17 heavy (non-hydrogen) atoms. The fourth-order valence-corrected chi connectivity index (χ4v) is 1.75. The van der Waals surface area contributed by atoms with Crippen molar-refractivity contribution in [3.05, 3.63) is 35.6 Å². The molecule has 1 atom stereocenters. The van der Waals surface area contributed by atoms with Crippen molar-refractivity contribution < 1.29 is 19.4 Å². The lowest BCUT2D eigenvalue weighted by molar-refractivity contribution is -0.143. The molecular formula is C13H17FO3. The molecule has 1 rings (SSSR count). The van der Waals surface area contributed by atoms with Gasteiger partial charge in [0.2, 0.25) is 0 Å². The quantitative estimate of drug-likeness (QED) is 0.829. The van der Waals surface area contributed by atoms with E-state index in [4.69, 9.17) is 5.11 Å². The number of benzene rings is 1. The molecule has 0 aliphatic carbocycles. The molecule has 0 fully saturated rings. The Bertz CT molecular complexity index is 379. The molecule has 0 bridgehead atoms. The average molecular weight is 240 g/mol. The molecule has 0 saturated carbocycles. The zero-order valence-corrected chi connectivity index (χ0v) is 9.98. The van der Waals surface area contributed by atoms with E-state index in [0.717, 1.165) is 5.56 Å². The van der Waals surface area contributed by atoms with Gasteiger partial charge in [-0.15, -0.1) is 0 Å². The molecule has 0 aliphatic heterocycles. The number of carboxylic acids is 1. The molecule has 94 valence electrons. The molecule has 0 amide bonds. The SMILES string of the molecule is CC(C)(O)CC(Cc1ccc(F)cc1)C(=O)O. The molecule has 0 heterocycles. The van der Waals surface area contributed by atoms with Crippen molar-refractivity contribution in [3.63, 3.8) is 0 Å². The first-order chi connectivity index (χ1) is 7.78. The van der Waals surface area contributed by atoms with Crippen LogP contribution in [0, 0.1) is 11.7 Å². The van der Waals surface area contributed by atoms with E-state index < -0.39 is 17.5 Å². The molecule has 0 aromatic heterocycles. The van der Waals surface area contributed by atoms with Crippen molar-refractivity contribution in [1.82, 2.24) is 0 Å². The third-order valence-corrected chi connectivity index (χ3v) is 2.49. The Morgan fingerprint density at radius 3 is 2.29 bits per heavy atom. The van der Waals surface area contributed by atoms with Gasteiger partial charge in [0.15, 0.2) is 0 Å². The zero-order chi connectivity index (χ0) is 13.1. The second kappa shape index (κ2) is 5.27. The van der Waals surface area contributed by atoms with Gasteiger partial charge in [-0.1, -0.05) is 12.1 Å². The summed E-state index contributed by atoms with van der Waals surface area (Å²) in [6.45, 7) is 3.15. The van der Waals surface area contributed by atoms with Gasteiger partial charge in [0.25, 0.3) is 0 Å². The predicted octanol–water partition coefficient (Wildman–Crippen LogP) is 2.23. The molecule has 1 aromatic carbocycles. The van der Waals surface area contributed by atoms with Crippen molar-refractivity contribution in [2.24, 2.45) is 5.92 Å². The van der Waals surface area contributed by atoms with Crippen LogP contribution in [0.3, 0.4) is 0 Å². The largest absolute Gasteiger partial charge is 0.481 e. The minimum absolute atomic E-state index is 0.166. The Hall–Kier alpha value is -1.42. The number of carboxylic acid groups (broad SMARTS) is 1. The van der Waals surface area contributed by atoms with E-state index in [0.29, 0.717) is 6.42 Å². The number of hydrogen-bond donors (Lipinski definition) is 2. The molecule has 1 unspecified atom stereocenters. The Kier molecular flexibility index (Phi) is 4.23. The second-order valence-corrected chi connectivity index (χ2v) is 4.88. The fourth-order valence-electron chi connectivity index (χ4n) is 1.75. The highest BCUT2D eigenvalue weighted by atomic mass is 19.1. The number of rotatable bonds is 5. The van der Waals surface area contributed by atoms with Crippen LogP contribution in [0.1, 0.15) is 25.8 Å². The van der Waals surface area contributed by atoms with Crippen LogP contribution in [0.5, 0.6) is 0 Å². The number of aliphatic hydroxyl groups is 1. The lowest BCUT2D eigenvalue weighted by Crippen LogP contribution is -2.28. The summed E-state index contributed by atoms with van der Waals surface area (Å²) in [6.07, 6.45) is 0.458.